The summed E-state index contributed by atoms with van der Waals surface area (Å²) in [5, 5.41) is 6.94. The van der Waals surface area contributed by atoms with Crippen molar-refractivity contribution in [3.05, 3.63) is 60.4 Å². The molecule has 0 unspecified atom stereocenters. The fourth-order valence-corrected chi connectivity index (χ4v) is 3.91. The molecule has 2 atom stereocenters. The van der Waals surface area contributed by atoms with Crippen LogP contribution in [0.1, 0.15) is 35.4 Å². The van der Waals surface area contributed by atoms with E-state index in [1.54, 1.807) is 6.20 Å². The molecule has 0 spiro atoms. The molecule has 1 fully saturated rings. The summed E-state index contributed by atoms with van der Waals surface area (Å²) in [4.78, 5) is 34.8. The number of likely N-dealkylation sites (tertiary alicyclic amines) is 1. The maximum atomic E-state index is 12.5. The minimum Gasteiger partial charge on any atom is -0.438 e. The van der Waals surface area contributed by atoms with Crippen LogP contribution in [0.25, 0.3) is 10.9 Å². The molecule has 1 aromatic carbocycles. The molecule has 4 rings (SSSR count). The van der Waals surface area contributed by atoms with Crippen molar-refractivity contribution in [2.45, 2.75) is 37.9 Å². The molecular weight excluding hydrogens is 382 g/mol. The highest BCUT2D eigenvalue weighted by Gasteiger charge is 2.32. The lowest BCUT2D eigenvalue weighted by Gasteiger charge is -2.25. The molecule has 2 aromatic heterocycles. The minimum absolute atomic E-state index is 0.0198. The number of rotatable bonds is 7. The molecular formula is C22H25N5O3. The van der Waals surface area contributed by atoms with Crippen LogP contribution in [0.5, 0.6) is 0 Å². The van der Waals surface area contributed by atoms with E-state index < -0.39 is 0 Å². The van der Waals surface area contributed by atoms with Crippen molar-refractivity contribution in [2.75, 3.05) is 13.6 Å². The van der Waals surface area contributed by atoms with Crippen molar-refractivity contribution in [1.82, 2.24) is 25.5 Å². The summed E-state index contributed by atoms with van der Waals surface area (Å²) < 4.78 is 5.00. The minimum atomic E-state index is -0.272. The van der Waals surface area contributed by atoms with Crippen molar-refractivity contribution in [1.29, 1.82) is 0 Å². The van der Waals surface area contributed by atoms with E-state index in [1.165, 1.54) is 12.6 Å². The molecule has 0 radical (unpaired) electrons. The Balaban J connectivity index is 1.23. The SMILES string of the molecule is CN1[C@@H](CC(=O)NCc2cnc3ccccc3c2)CC[C@H]1CNC(=O)c1cnco1. The largest absolute Gasteiger partial charge is 0.438 e. The summed E-state index contributed by atoms with van der Waals surface area (Å²) in [6.07, 6.45) is 6.72. The zero-order valence-electron chi connectivity index (χ0n) is 16.9. The number of nitrogens with zero attached hydrogens (tertiary/aromatic N) is 3. The third kappa shape index (κ3) is 4.65. The molecule has 30 heavy (non-hydrogen) atoms. The van der Waals surface area contributed by atoms with E-state index in [2.05, 4.69) is 31.6 Å². The van der Waals surface area contributed by atoms with Crippen molar-refractivity contribution in [3.63, 3.8) is 0 Å². The highest BCUT2D eigenvalue weighted by atomic mass is 16.3. The maximum Gasteiger partial charge on any atom is 0.288 e. The summed E-state index contributed by atoms with van der Waals surface area (Å²) >= 11 is 0. The summed E-state index contributed by atoms with van der Waals surface area (Å²) in [5.41, 5.74) is 1.93. The first-order valence-electron chi connectivity index (χ1n) is 10.1. The lowest BCUT2D eigenvalue weighted by Crippen LogP contribution is -2.42. The normalized spacial score (nSPS) is 19.1. The molecule has 0 aliphatic carbocycles. The summed E-state index contributed by atoms with van der Waals surface area (Å²) in [5.74, 6) is -0.0489. The molecule has 1 aliphatic heterocycles. The van der Waals surface area contributed by atoms with Crippen LogP contribution in [0, 0.1) is 0 Å². The first-order chi connectivity index (χ1) is 14.6. The van der Waals surface area contributed by atoms with E-state index in [1.807, 2.05) is 31.3 Å². The number of fused-ring (bicyclic) bond motifs is 1. The predicted molar refractivity (Wildman–Crippen MR) is 112 cm³/mol. The summed E-state index contributed by atoms with van der Waals surface area (Å²) in [7, 11) is 2.00. The van der Waals surface area contributed by atoms with Crippen LogP contribution >= 0.6 is 0 Å². The number of nitrogens with one attached hydrogen (secondary N) is 2. The van der Waals surface area contributed by atoms with Gasteiger partial charge in [0.2, 0.25) is 11.7 Å². The summed E-state index contributed by atoms with van der Waals surface area (Å²) in [6, 6.07) is 10.3. The Labute approximate surface area is 174 Å². The standard InChI is InChI=1S/C22H25N5O3/c1-27-17(6-7-18(27)12-26-22(29)20-13-23-14-30-20)9-21(28)25-11-15-8-16-4-2-3-5-19(16)24-10-15/h2-5,8,10,13-14,17-18H,6-7,9,11-12H2,1H3,(H,25,28)(H,26,29)/t17-,18+/m1/s1. The zero-order chi connectivity index (χ0) is 20.9. The number of hydrogen-bond donors (Lipinski definition) is 2. The Morgan fingerprint density at radius 1 is 1.17 bits per heavy atom. The monoisotopic (exact) mass is 407 g/mol. The van der Waals surface area contributed by atoms with Crippen molar-refractivity contribution < 1.29 is 14.0 Å². The van der Waals surface area contributed by atoms with E-state index in [0.717, 1.165) is 29.3 Å². The Morgan fingerprint density at radius 3 is 2.83 bits per heavy atom. The second-order valence-corrected chi connectivity index (χ2v) is 7.64. The third-order valence-electron chi connectivity index (χ3n) is 5.70. The van der Waals surface area contributed by atoms with Gasteiger partial charge in [-0.05, 0) is 37.6 Å². The third-order valence-corrected chi connectivity index (χ3v) is 5.70. The van der Waals surface area contributed by atoms with Gasteiger partial charge in [0.05, 0.1) is 11.7 Å². The van der Waals surface area contributed by atoms with E-state index in [4.69, 9.17) is 4.42 Å². The highest BCUT2D eigenvalue weighted by Crippen LogP contribution is 2.24. The van der Waals surface area contributed by atoms with Crippen LogP contribution in [0.3, 0.4) is 0 Å². The van der Waals surface area contributed by atoms with Gasteiger partial charge in [-0.2, -0.15) is 0 Å². The van der Waals surface area contributed by atoms with Crippen LogP contribution in [0.15, 0.2) is 53.5 Å². The molecule has 3 aromatic rings. The topological polar surface area (TPSA) is 100 Å². The van der Waals surface area contributed by atoms with E-state index in [0.29, 0.717) is 19.5 Å². The van der Waals surface area contributed by atoms with Gasteiger partial charge >= 0.3 is 0 Å². The number of pyridine rings is 1. The highest BCUT2D eigenvalue weighted by molar-refractivity contribution is 5.91. The fraction of sp³-hybridized carbons (Fsp3) is 0.364. The lowest BCUT2D eigenvalue weighted by atomic mass is 10.1. The quantitative estimate of drug-likeness (QED) is 0.622. The van der Waals surface area contributed by atoms with Gasteiger partial charge in [0, 0.05) is 43.2 Å². The van der Waals surface area contributed by atoms with Crippen LogP contribution < -0.4 is 10.6 Å². The zero-order valence-corrected chi connectivity index (χ0v) is 16.9. The number of hydrogen-bond acceptors (Lipinski definition) is 6. The van der Waals surface area contributed by atoms with Gasteiger partial charge in [0.15, 0.2) is 6.39 Å². The fourth-order valence-electron chi connectivity index (χ4n) is 3.91. The molecule has 1 saturated heterocycles. The average molecular weight is 407 g/mol. The smallest absolute Gasteiger partial charge is 0.288 e. The van der Waals surface area contributed by atoms with Crippen molar-refractivity contribution >= 4 is 22.7 Å². The van der Waals surface area contributed by atoms with Gasteiger partial charge in [-0.15, -0.1) is 0 Å². The number of aromatic nitrogens is 2. The average Bonchev–Trinajstić information content (AvgIpc) is 3.42. The molecule has 0 saturated carbocycles. The van der Waals surface area contributed by atoms with Gasteiger partial charge in [0.1, 0.15) is 0 Å². The molecule has 3 heterocycles. The summed E-state index contributed by atoms with van der Waals surface area (Å²) in [6.45, 7) is 0.973. The van der Waals surface area contributed by atoms with Gasteiger partial charge < -0.3 is 15.1 Å². The number of carbonyl (C=O) groups excluding carboxylic acids is 2. The number of carbonyl (C=O) groups is 2. The second-order valence-electron chi connectivity index (χ2n) is 7.64. The van der Waals surface area contributed by atoms with Crippen LogP contribution in [-0.2, 0) is 11.3 Å². The first kappa shape index (κ1) is 20.0. The number of amides is 2. The Hall–Kier alpha value is -3.26. The first-order valence-corrected chi connectivity index (χ1v) is 10.1. The number of para-hydroxylation sites is 1. The van der Waals surface area contributed by atoms with E-state index in [9.17, 15) is 9.59 Å². The Kier molecular flexibility index (Phi) is 6.04. The molecule has 8 heteroatoms. The molecule has 156 valence electrons. The number of oxazole rings is 1. The predicted octanol–water partition coefficient (Wildman–Crippen LogP) is 2.12. The van der Waals surface area contributed by atoms with Gasteiger partial charge in [-0.25, -0.2) is 4.98 Å². The van der Waals surface area contributed by atoms with Crippen LogP contribution in [-0.4, -0.2) is 52.4 Å². The van der Waals surface area contributed by atoms with Gasteiger partial charge in [-0.1, -0.05) is 18.2 Å². The van der Waals surface area contributed by atoms with Gasteiger partial charge in [0.25, 0.3) is 5.91 Å². The maximum absolute atomic E-state index is 12.5. The van der Waals surface area contributed by atoms with Crippen LogP contribution in [0.4, 0.5) is 0 Å². The van der Waals surface area contributed by atoms with E-state index >= 15 is 0 Å². The molecule has 0 bridgehead atoms. The van der Waals surface area contributed by atoms with Crippen molar-refractivity contribution in [2.24, 2.45) is 0 Å². The molecule has 8 nitrogen and oxygen atoms in total. The number of likely N-dealkylation sites (N-methyl/N-ethyl adjacent to an activating group) is 1. The number of benzene rings is 1. The van der Waals surface area contributed by atoms with Gasteiger partial charge in [-0.3, -0.25) is 19.5 Å². The molecule has 2 amide bonds. The second kappa shape index (κ2) is 9.04. The molecule has 2 N–H and O–H groups in total. The molecule has 1 aliphatic rings. The Bertz CT molecular complexity index is 1020. The van der Waals surface area contributed by atoms with Crippen molar-refractivity contribution in [3.8, 4) is 0 Å². The van der Waals surface area contributed by atoms with E-state index in [-0.39, 0.29) is 29.7 Å². The Morgan fingerprint density at radius 2 is 2.00 bits per heavy atom. The van der Waals surface area contributed by atoms with Crippen LogP contribution in [0.2, 0.25) is 0 Å². The lowest BCUT2D eigenvalue weighted by molar-refractivity contribution is -0.122.